The Morgan fingerprint density at radius 1 is 1.00 bits per heavy atom. The van der Waals surface area contributed by atoms with Crippen LogP contribution in [0.25, 0.3) is 0 Å². The second-order valence-electron chi connectivity index (χ2n) is 7.01. The monoisotopic (exact) mass is 408 g/mol. The van der Waals surface area contributed by atoms with Crippen LogP contribution >= 0.6 is 0 Å². The standard InChI is InChI=1S/C22H24N4O4/c1-2-3-12-26-21(29)17-5-4-16(13-18(17)22(26)30)20(28)24-11-8-19(27)25-14-15-6-9-23-10-7-15/h4-7,9-10,13H,2-3,8,11-12,14H2,1H3,(H,24,28)(H,25,27). The molecule has 2 aromatic rings. The number of rotatable bonds is 9. The van der Waals surface area contributed by atoms with Gasteiger partial charge in [-0.25, -0.2) is 0 Å². The van der Waals surface area contributed by atoms with Crippen molar-refractivity contribution in [3.8, 4) is 0 Å². The Bertz CT molecular complexity index is 959. The van der Waals surface area contributed by atoms with Crippen molar-refractivity contribution in [2.24, 2.45) is 0 Å². The quantitative estimate of drug-likeness (QED) is 0.616. The fraction of sp³-hybridized carbons (Fsp3) is 0.318. The number of hydrogen-bond donors (Lipinski definition) is 2. The second kappa shape index (κ2) is 9.78. The number of fused-ring (bicyclic) bond motifs is 1. The molecule has 0 radical (unpaired) electrons. The molecule has 156 valence electrons. The molecule has 4 amide bonds. The van der Waals surface area contributed by atoms with E-state index in [2.05, 4.69) is 15.6 Å². The van der Waals surface area contributed by atoms with E-state index in [1.807, 2.05) is 19.1 Å². The van der Waals surface area contributed by atoms with Crippen LogP contribution in [-0.2, 0) is 11.3 Å². The maximum atomic E-state index is 12.5. The molecule has 3 rings (SSSR count). The Hall–Kier alpha value is -3.55. The van der Waals surface area contributed by atoms with E-state index >= 15 is 0 Å². The first-order chi connectivity index (χ1) is 14.5. The van der Waals surface area contributed by atoms with Crippen molar-refractivity contribution >= 4 is 23.6 Å². The minimum Gasteiger partial charge on any atom is -0.352 e. The highest BCUT2D eigenvalue weighted by atomic mass is 16.2. The highest BCUT2D eigenvalue weighted by Gasteiger charge is 2.35. The summed E-state index contributed by atoms with van der Waals surface area (Å²) >= 11 is 0. The van der Waals surface area contributed by atoms with Crippen molar-refractivity contribution in [3.63, 3.8) is 0 Å². The Balaban J connectivity index is 1.51. The van der Waals surface area contributed by atoms with E-state index in [9.17, 15) is 19.2 Å². The third-order valence-corrected chi connectivity index (χ3v) is 4.84. The van der Waals surface area contributed by atoms with E-state index < -0.39 is 5.91 Å². The first kappa shape index (κ1) is 21.2. The molecular formula is C22H24N4O4. The molecule has 2 heterocycles. The second-order valence-corrected chi connectivity index (χ2v) is 7.01. The van der Waals surface area contributed by atoms with Gasteiger partial charge in [0.1, 0.15) is 0 Å². The van der Waals surface area contributed by atoms with Crippen LogP contribution in [0.1, 0.15) is 62.8 Å². The van der Waals surface area contributed by atoms with E-state index in [-0.39, 0.29) is 41.8 Å². The van der Waals surface area contributed by atoms with Crippen LogP contribution in [-0.4, -0.2) is 46.6 Å². The van der Waals surface area contributed by atoms with E-state index in [1.165, 1.54) is 23.1 Å². The van der Waals surface area contributed by atoms with Gasteiger partial charge < -0.3 is 10.6 Å². The topological polar surface area (TPSA) is 108 Å². The number of amides is 4. The molecule has 0 unspecified atom stereocenters. The highest BCUT2D eigenvalue weighted by molar-refractivity contribution is 6.22. The number of nitrogens with one attached hydrogen (secondary N) is 2. The molecule has 2 N–H and O–H groups in total. The van der Waals surface area contributed by atoms with Gasteiger partial charge in [0.25, 0.3) is 17.7 Å². The summed E-state index contributed by atoms with van der Waals surface area (Å²) in [6.07, 6.45) is 5.04. The van der Waals surface area contributed by atoms with E-state index in [0.29, 0.717) is 18.7 Å². The van der Waals surface area contributed by atoms with Gasteiger partial charge in [-0.05, 0) is 42.3 Å². The zero-order valence-electron chi connectivity index (χ0n) is 16.8. The minimum atomic E-state index is -0.396. The van der Waals surface area contributed by atoms with Crippen LogP contribution in [0.2, 0.25) is 0 Å². The zero-order chi connectivity index (χ0) is 21.5. The highest BCUT2D eigenvalue weighted by Crippen LogP contribution is 2.24. The summed E-state index contributed by atoms with van der Waals surface area (Å²) in [5, 5.41) is 5.44. The van der Waals surface area contributed by atoms with Crippen molar-refractivity contribution in [1.82, 2.24) is 20.5 Å². The predicted molar refractivity (Wildman–Crippen MR) is 110 cm³/mol. The van der Waals surface area contributed by atoms with Crippen LogP contribution in [0.15, 0.2) is 42.7 Å². The van der Waals surface area contributed by atoms with Gasteiger partial charge in [0.15, 0.2) is 0 Å². The van der Waals surface area contributed by atoms with Gasteiger partial charge in [-0.3, -0.25) is 29.1 Å². The predicted octanol–water partition coefficient (Wildman–Crippen LogP) is 1.91. The maximum absolute atomic E-state index is 12.5. The van der Waals surface area contributed by atoms with Crippen molar-refractivity contribution in [1.29, 1.82) is 0 Å². The lowest BCUT2D eigenvalue weighted by atomic mass is 10.1. The van der Waals surface area contributed by atoms with Gasteiger partial charge in [0.05, 0.1) is 11.1 Å². The minimum absolute atomic E-state index is 0.129. The van der Waals surface area contributed by atoms with Gasteiger partial charge in [0, 0.05) is 44.0 Å². The summed E-state index contributed by atoms with van der Waals surface area (Å²) < 4.78 is 0. The average Bonchev–Trinajstić information content (AvgIpc) is 3.00. The van der Waals surface area contributed by atoms with Crippen molar-refractivity contribution < 1.29 is 19.2 Å². The molecule has 0 bridgehead atoms. The summed E-state index contributed by atoms with van der Waals surface area (Å²) in [6.45, 7) is 2.91. The fourth-order valence-corrected chi connectivity index (χ4v) is 3.13. The number of imide groups is 1. The fourth-order valence-electron chi connectivity index (χ4n) is 3.13. The van der Waals surface area contributed by atoms with Gasteiger partial charge >= 0.3 is 0 Å². The lowest BCUT2D eigenvalue weighted by Gasteiger charge is -2.12. The van der Waals surface area contributed by atoms with Crippen LogP contribution in [0, 0.1) is 0 Å². The molecule has 0 saturated heterocycles. The molecule has 30 heavy (non-hydrogen) atoms. The molecule has 0 atom stereocenters. The molecule has 0 spiro atoms. The lowest BCUT2D eigenvalue weighted by Crippen LogP contribution is -2.31. The Morgan fingerprint density at radius 3 is 2.47 bits per heavy atom. The normalized spacial score (nSPS) is 12.6. The third kappa shape index (κ3) is 4.89. The summed E-state index contributed by atoms with van der Waals surface area (Å²) in [4.78, 5) is 54.3. The number of carbonyl (C=O) groups excluding carboxylic acids is 4. The molecule has 0 saturated carbocycles. The molecule has 0 aliphatic carbocycles. The Labute approximate surface area is 174 Å². The molecule has 8 heteroatoms. The molecule has 0 fully saturated rings. The van der Waals surface area contributed by atoms with Crippen LogP contribution in [0.4, 0.5) is 0 Å². The summed E-state index contributed by atoms with van der Waals surface area (Å²) in [6, 6.07) is 8.10. The van der Waals surface area contributed by atoms with Crippen molar-refractivity contribution in [3.05, 3.63) is 65.0 Å². The molecule has 1 aliphatic rings. The van der Waals surface area contributed by atoms with Gasteiger partial charge in [-0.1, -0.05) is 13.3 Å². The van der Waals surface area contributed by atoms with E-state index in [0.717, 1.165) is 18.4 Å². The molecule has 1 aromatic heterocycles. The summed E-state index contributed by atoms with van der Waals surface area (Å²) in [5.74, 6) is -1.27. The first-order valence-corrected chi connectivity index (χ1v) is 9.95. The van der Waals surface area contributed by atoms with E-state index in [1.54, 1.807) is 12.4 Å². The molecule has 1 aromatic carbocycles. The van der Waals surface area contributed by atoms with Gasteiger partial charge in [0.2, 0.25) is 5.91 Å². The zero-order valence-corrected chi connectivity index (χ0v) is 16.8. The maximum Gasteiger partial charge on any atom is 0.261 e. The Kier molecular flexibility index (Phi) is 6.90. The Morgan fingerprint density at radius 2 is 1.73 bits per heavy atom. The number of pyridine rings is 1. The van der Waals surface area contributed by atoms with Gasteiger partial charge in [-0.15, -0.1) is 0 Å². The largest absolute Gasteiger partial charge is 0.352 e. The number of hydrogen-bond acceptors (Lipinski definition) is 5. The van der Waals surface area contributed by atoms with Crippen molar-refractivity contribution in [2.75, 3.05) is 13.1 Å². The molecule has 1 aliphatic heterocycles. The van der Waals surface area contributed by atoms with E-state index in [4.69, 9.17) is 0 Å². The first-order valence-electron chi connectivity index (χ1n) is 9.95. The summed E-state index contributed by atoms with van der Waals surface area (Å²) in [5.41, 5.74) is 1.79. The molecular weight excluding hydrogens is 384 g/mol. The van der Waals surface area contributed by atoms with Crippen LogP contribution < -0.4 is 10.6 Å². The van der Waals surface area contributed by atoms with Crippen LogP contribution in [0.5, 0.6) is 0 Å². The number of aromatic nitrogens is 1. The SMILES string of the molecule is CCCCN1C(=O)c2ccc(C(=O)NCCC(=O)NCc3ccncc3)cc2C1=O. The van der Waals surface area contributed by atoms with Crippen molar-refractivity contribution in [2.45, 2.75) is 32.7 Å². The number of carbonyl (C=O) groups is 4. The average molecular weight is 408 g/mol. The van der Waals surface area contributed by atoms with Crippen LogP contribution in [0.3, 0.4) is 0 Å². The lowest BCUT2D eigenvalue weighted by molar-refractivity contribution is -0.121. The number of benzene rings is 1. The third-order valence-electron chi connectivity index (χ3n) is 4.84. The number of nitrogens with zero attached hydrogens (tertiary/aromatic N) is 2. The smallest absolute Gasteiger partial charge is 0.261 e. The summed E-state index contributed by atoms with van der Waals surface area (Å²) in [7, 11) is 0. The molecule has 8 nitrogen and oxygen atoms in total. The van der Waals surface area contributed by atoms with Gasteiger partial charge in [-0.2, -0.15) is 0 Å². The number of unbranched alkanes of at least 4 members (excludes halogenated alkanes) is 1.